The second-order valence-corrected chi connectivity index (χ2v) is 5.65. The second kappa shape index (κ2) is 6.83. The summed E-state index contributed by atoms with van der Waals surface area (Å²) in [6.45, 7) is 4.25. The Balaban J connectivity index is 1.94. The molecule has 1 saturated carbocycles. The molecule has 0 N–H and O–H groups in total. The van der Waals surface area contributed by atoms with E-state index in [4.69, 9.17) is 4.52 Å². The molecule has 1 fully saturated rings. The summed E-state index contributed by atoms with van der Waals surface area (Å²) in [6, 6.07) is 0. The highest BCUT2D eigenvalue weighted by Gasteiger charge is 2.26. The highest BCUT2D eigenvalue weighted by molar-refractivity contribution is 5.79. The zero-order valence-electron chi connectivity index (χ0n) is 12.0. The van der Waals surface area contributed by atoms with Gasteiger partial charge in [-0.25, -0.2) is 0 Å². The van der Waals surface area contributed by atoms with Crippen molar-refractivity contribution in [3.05, 3.63) is 11.7 Å². The summed E-state index contributed by atoms with van der Waals surface area (Å²) in [4.78, 5) is 16.0. The van der Waals surface area contributed by atoms with Crippen LogP contribution in [0.2, 0.25) is 0 Å². The van der Waals surface area contributed by atoms with Crippen molar-refractivity contribution in [1.29, 1.82) is 0 Å². The van der Waals surface area contributed by atoms with Crippen LogP contribution in [0.25, 0.3) is 0 Å². The van der Waals surface area contributed by atoms with E-state index < -0.39 is 0 Å². The fourth-order valence-corrected chi connectivity index (χ4v) is 2.94. The standard InChI is InChI=1S/C15H24N2O2/c1-3-6-13(18)10-14-16-15(17-19-14)12-8-5-7-11(4-2)9-12/h11-12H,3-10H2,1-2H3. The molecule has 0 bridgehead atoms. The highest BCUT2D eigenvalue weighted by atomic mass is 16.5. The van der Waals surface area contributed by atoms with E-state index in [1.165, 1.54) is 25.7 Å². The van der Waals surface area contributed by atoms with E-state index in [2.05, 4.69) is 17.1 Å². The number of carbonyl (C=O) groups excluding carboxylic acids is 1. The minimum Gasteiger partial charge on any atom is -0.339 e. The van der Waals surface area contributed by atoms with Gasteiger partial charge >= 0.3 is 0 Å². The lowest BCUT2D eigenvalue weighted by molar-refractivity contribution is -0.118. The molecule has 0 aliphatic heterocycles. The fourth-order valence-electron chi connectivity index (χ4n) is 2.94. The maximum atomic E-state index is 11.6. The molecule has 2 rings (SSSR count). The molecule has 0 spiro atoms. The van der Waals surface area contributed by atoms with Gasteiger partial charge in [0.1, 0.15) is 5.78 Å². The molecule has 4 nitrogen and oxygen atoms in total. The van der Waals surface area contributed by atoms with Crippen LogP contribution >= 0.6 is 0 Å². The van der Waals surface area contributed by atoms with Gasteiger partial charge in [0.05, 0.1) is 6.42 Å². The first kappa shape index (κ1) is 14.2. The van der Waals surface area contributed by atoms with Crippen LogP contribution in [0.4, 0.5) is 0 Å². The van der Waals surface area contributed by atoms with Gasteiger partial charge in [0.2, 0.25) is 5.89 Å². The second-order valence-electron chi connectivity index (χ2n) is 5.65. The first-order chi connectivity index (χ1) is 9.22. The molecule has 4 heteroatoms. The molecule has 2 atom stereocenters. The molecule has 0 aromatic carbocycles. The summed E-state index contributed by atoms with van der Waals surface area (Å²) in [5, 5.41) is 4.08. The van der Waals surface area contributed by atoms with Crippen LogP contribution < -0.4 is 0 Å². The van der Waals surface area contributed by atoms with Crippen molar-refractivity contribution in [2.75, 3.05) is 0 Å². The van der Waals surface area contributed by atoms with Gasteiger partial charge in [-0.05, 0) is 25.2 Å². The van der Waals surface area contributed by atoms with E-state index in [-0.39, 0.29) is 5.78 Å². The molecule has 1 aromatic heterocycles. The maximum Gasteiger partial charge on any atom is 0.234 e. The molecule has 0 amide bonds. The molecule has 19 heavy (non-hydrogen) atoms. The van der Waals surface area contributed by atoms with Crippen molar-refractivity contribution >= 4 is 5.78 Å². The van der Waals surface area contributed by atoms with Crippen LogP contribution in [0.15, 0.2) is 4.52 Å². The van der Waals surface area contributed by atoms with E-state index in [1.54, 1.807) is 0 Å². The van der Waals surface area contributed by atoms with Crippen molar-refractivity contribution in [1.82, 2.24) is 10.1 Å². The monoisotopic (exact) mass is 264 g/mol. The normalized spacial score (nSPS) is 23.5. The topological polar surface area (TPSA) is 56.0 Å². The predicted molar refractivity (Wildman–Crippen MR) is 72.9 cm³/mol. The van der Waals surface area contributed by atoms with Crippen LogP contribution in [0, 0.1) is 5.92 Å². The average molecular weight is 264 g/mol. The van der Waals surface area contributed by atoms with E-state index in [9.17, 15) is 4.79 Å². The molecule has 1 aliphatic carbocycles. The van der Waals surface area contributed by atoms with Crippen molar-refractivity contribution in [3.8, 4) is 0 Å². The highest BCUT2D eigenvalue weighted by Crippen LogP contribution is 2.36. The summed E-state index contributed by atoms with van der Waals surface area (Å²) in [5.74, 6) is 2.72. The SMILES string of the molecule is CCCC(=O)Cc1nc(C2CCCC(CC)C2)no1. The molecule has 0 saturated heterocycles. The zero-order chi connectivity index (χ0) is 13.7. The van der Waals surface area contributed by atoms with E-state index in [0.717, 1.165) is 24.6 Å². The smallest absolute Gasteiger partial charge is 0.234 e. The molecule has 106 valence electrons. The first-order valence-corrected chi connectivity index (χ1v) is 7.57. The summed E-state index contributed by atoms with van der Waals surface area (Å²) in [7, 11) is 0. The molecule has 1 aromatic rings. The van der Waals surface area contributed by atoms with Crippen LogP contribution in [0.5, 0.6) is 0 Å². The van der Waals surface area contributed by atoms with Crippen molar-refractivity contribution < 1.29 is 9.32 Å². The molecular formula is C15H24N2O2. The van der Waals surface area contributed by atoms with Crippen LogP contribution in [0.3, 0.4) is 0 Å². The van der Waals surface area contributed by atoms with Crippen LogP contribution in [-0.4, -0.2) is 15.9 Å². The number of carbonyl (C=O) groups is 1. The Kier molecular flexibility index (Phi) is 5.11. The Labute approximate surface area is 115 Å². The third-order valence-corrected chi connectivity index (χ3v) is 4.09. The lowest BCUT2D eigenvalue weighted by Crippen LogP contribution is -2.14. The number of Topliss-reactive ketones (excluding diaryl/α,β-unsaturated/α-hetero) is 1. The van der Waals surface area contributed by atoms with Crippen molar-refractivity contribution in [2.24, 2.45) is 5.92 Å². The third-order valence-electron chi connectivity index (χ3n) is 4.09. The summed E-state index contributed by atoms with van der Waals surface area (Å²) in [5.41, 5.74) is 0. The van der Waals surface area contributed by atoms with E-state index in [1.807, 2.05) is 6.92 Å². The molecular weight excluding hydrogens is 240 g/mol. The summed E-state index contributed by atoms with van der Waals surface area (Å²) >= 11 is 0. The quantitative estimate of drug-likeness (QED) is 0.786. The Hall–Kier alpha value is -1.19. The Morgan fingerprint density at radius 1 is 1.37 bits per heavy atom. The summed E-state index contributed by atoms with van der Waals surface area (Å²) < 4.78 is 5.22. The van der Waals surface area contributed by atoms with Crippen LogP contribution in [-0.2, 0) is 11.2 Å². The Morgan fingerprint density at radius 2 is 2.21 bits per heavy atom. The fraction of sp³-hybridized carbons (Fsp3) is 0.800. The lowest BCUT2D eigenvalue weighted by atomic mass is 9.80. The van der Waals surface area contributed by atoms with Crippen molar-refractivity contribution in [3.63, 3.8) is 0 Å². The van der Waals surface area contributed by atoms with Gasteiger partial charge < -0.3 is 4.52 Å². The number of hydrogen-bond acceptors (Lipinski definition) is 4. The largest absolute Gasteiger partial charge is 0.339 e. The lowest BCUT2D eigenvalue weighted by Gasteiger charge is -2.26. The number of nitrogens with zero attached hydrogens (tertiary/aromatic N) is 2. The average Bonchev–Trinajstić information content (AvgIpc) is 2.87. The minimum absolute atomic E-state index is 0.188. The van der Waals surface area contributed by atoms with Gasteiger partial charge in [0.25, 0.3) is 0 Å². The number of aromatic nitrogens is 2. The molecule has 0 radical (unpaired) electrons. The van der Waals surface area contributed by atoms with Crippen LogP contribution in [0.1, 0.15) is 76.4 Å². The summed E-state index contributed by atoms with van der Waals surface area (Å²) in [6.07, 6.45) is 7.89. The molecule has 1 heterocycles. The number of rotatable bonds is 6. The Morgan fingerprint density at radius 3 is 2.95 bits per heavy atom. The Bertz CT molecular complexity index is 414. The molecule has 1 aliphatic rings. The zero-order valence-corrected chi connectivity index (χ0v) is 12.0. The molecule has 2 unspecified atom stereocenters. The van der Waals surface area contributed by atoms with Gasteiger partial charge in [0.15, 0.2) is 5.82 Å². The van der Waals surface area contributed by atoms with Gasteiger partial charge in [-0.1, -0.05) is 38.3 Å². The maximum absolute atomic E-state index is 11.6. The van der Waals surface area contributed by atoms with Gasteiger partial charge in [-0.2, -0.15) is 4.98 Å². The number of hydrogen-bond donors (Lipinski definition) is 0. The van der Waals surface area contributed by atoms with Crippen molar-refractivity contribution in [2.45, 2.75) is 71.1 Å². The third kappa shape index (κ3) is 3.88. The van der Waals surface area contributed by atoms with E-state index >= 15 is 0 Å². The van der Waals surface area contributed by atoms with Gasteiger partial charge in [-0.3, -0.25) is 4.79 Å². The number of ketones is 1. The first-order valence-electron chi connectivity index (χ1n) is 7.57. The minimum atomic E-state index is 0.188. The van der Waals surface area contributed by atoms with E-state index in [0.29, 0.717) is 24.7 Å². The predicted octanol–water partition coefficient (Wildman–Crippen LogP) is 3.67. The van der Waals surface area contributed by atoms with Gasteiger partial charge in [-0.15, -0.1) is 0 Å². The van der Waals surface area contributed by atoms with Gasteiger partial charge in [0, 0.05) is 12.3 Å².